The molecule has 0 aromatic carbocycles. The van der Waals surface area contributed by atoms with Gasteiger partial charge in [-0.15, -0.1) is 0 Å². The lowest BCUT2D eigenvalue weighted by Gasteiger charge is -2.43. The average Bonchev–Trinajstić information content (AvgIpc) is 2.23. The first-order valence-corrected chi connectivity index (χ1v) is 5.76. The molecule has 15 heavy (non-hydrogen) atoms. The molecule has 2 rings (SSSR count). The van der Waals surface area contributed by atoms with Gasteiger partial charge in [0.15, 0.2) is 5.78 Å². The van der Waals surface area contributed by atoms with Gasteiger partial charge >= 0.3 is 0 Å². The fraction of sp³-hybridized carbons (Fsp3) is 0.750. The van der Waals surface area contributed by atoms with Crippen LogP contribution in [-0.4, -0.2) is 42.9 Å². The van der Waals surface area contributed by atoms with E-state index >= 15 is 0 Å². The molecule has 1 aliphatic heterocycles. The van der Waals surface area contributed by atoms with Crippen molar-refractivity contribution >= 4 is 5.78 Å². The maximum absolute atomic E-state index is 11.5. The molecule has 1 aliphatic carbocycles. The molecule has 2 aliphatic rings. The predicted molar refractivity (Wildman–Crippen MR) is 60.8 cm³/mol. The van der Waals surface area contributed by atoms with Crippen molar-refractivity contribution in [3.05, 3.63) is 12.2 Å². The normalized spacial score (nSPS) is 31.9. The first-order valence-electron chi connectivity index (χ1n) is 5.76. The minimum absolute atomic E-state index is 0.130. The molecule has 0 bridgehead atoms. The quantitative estimate of drug-likeness (QED) is 0.692. The summed E-state index contributed by atoms with van der Waals surface area (Å²) in [5.74, 6) is 0.276. The Morgan fingerprint density at radius 3 is 2.73 bits per heavy atom. The Morgan fingerprint density at radius 1 is 1.40 bits per heavy atom. The van der Waals surface area contributed by atoms with Crippen LogP contribution in [-0.2, 0) is 4.79 Å². The molecule has 1 unspecified atom stereocenters. The fourth-order valence-corrected chi connectivity index (χ4v) is 2.53. The second kappa shape index (κ2) is 4.06. The molecule has 1 saturated heterocycles. The van der Waals surface area contributed by atoms with Crippen molar-refractivity contribution < 1.29 is 4.79 Å². The van der Waals surface area contributed by atoms with Crippen LogP contribution in [0.5, 0.6) is 0 Å². The first kappa shape index (κ1) is 10.8. The fourth-order valence-electron chi connectivity index (χ4n) is 2.53. The van der Waals surface area contributed by atoms with Gasteiger partial charge in [-0.3, -0.25) is 9.69 Å². The minimum Gasteiger partial charge on any atom is -0.314 e. The third kappa shape index (κ3) is 2.29. The number of hydrogen-bond acceptors (Lipinski definition) is 3. The van der Waals surface area contributed by atoms with E-state index in [9.17, 15) is 4.79 Å². The third-order valence-electron chi connectivity index (χ3n) is 3.54. The highest BCUT2D eigenvalue weighted by Crippen LogP contribution is 2.32. The molecule has 0 aromatic heterocycles. The molecule has 0 radical (unpaired) electrons. The topological polar surface area (TPSA) is 32.3 Å². The number of allylic oxidation sites excluding steroid dienone is 1. The van der Waals surface area contributed by atoms with Gasteiger partial charge in [0.2, 0.25) is 0 Å². The summed E-state index contributed by atoms with van der Waals surface area (Å²) in [5, 5.41) is 3.35. The molecule has 3 heteroatoms. The third-order valence-corrected chi connectivity index (χ3v) is 3.54. The van der Waals surface area contributed by atoms with E-state index in [4.69, 9.17) is 0 Å². The molecule has 1 atom stereocenters. The monoisotopic (exact) mass is 208 g/mol. The summed E-state index contributed by atoms with van der Waals surface area (Å²) < 4.78 is 0. The minimum atomic E-state index is 0.130. The lowest BCUT2D eigenvalue weighted by atomic mass is 9.76. The van der Waals surface area contributed by atoms with Crippen molar-refractivity contribution in [1.82, 2.24) is 10.2 Å². The number of rotatable bonds is 1. The molecule has 0 aromatic rings. The Bertz CT molecular complexity index is 277. The molecule has 0 spiro atoms. The smallest absolute Gasteiger partial charge is 0.156 e. The summed E-state index contributed by atoms with van der Waals surface area (Å²) in [6, 6.07) is 0.386. The highest BCUT2D eigenvalue weighted by Gasteiger charge is 2.36. The van der Waals surface area contributed by atoms with Crippen molar-refractivity contribution in [2.24, 2.45) is 5.41 Å². The summed E-state index contributed by atoms with van der Waals surface area (Å²) in [4.78, 5) is 13.9. The summed E-state index contributed by atoms with van der Waals surface area (Å²) in [5.41, 5.74) is 0.130. The number of carbonyl (C=O) groups excluding carboxylic acids is 1. The number of piperazine rings is 1. The summed E-state index contributed by atoms with van der Waals surface area (Å²) in [7, 11) is 0. The van der Waals surface area contributed by atoms with Crippen molar-refractivity contribution in [1.29, 1.82) is 0 Å². The van der Waals surface area contributed by atoms with Crippen LogP contribution in [0.1, 0.15) is 20.3 Å². The van der Waals surface area contributed by atoms with Crippen LogP contribution in [0.15, 0.2) is 12.2 Å². The number of ketones is 1. The van der Waals surface area contributed by atoms with Crippen LogP contribution in [0.3, 0.4) is 0 Å². The van der Waals surface area contributed by atoms with E-state index in [1.807, 2.05) is 0 Å². The van der Waals surface area contributed by atoms with Crippen LogP contribution >= 0.6 is 0 Å². The highest BCUT2D eigenvalue weighted by molar-refractivity contribution is 5.91. The molecule has 1 fully saturated rings. The van der Waals surface area contributed by atoms with Gasteiger partial charge in [0.05, 0.1) is 0 Å². The number of hydrogen-bond donors (Lipinski definition) is 1. The van der Waals surface area contributed by atoms with E-state index < -0.39 is 0 Å². The SMILES string of the molecule is CC1(C)C=CC(=O)CC1N1CCNCC1. The molecule has 3 nitrogen and oxygen atoms in total. The van der Waals surface area contributed by atoms with E-state index in [-0.39, 0.29) is 11.2 Å². The zero-order valence-corrected chi connectivity index (χ0v) is 9.62. The maximum atomic E-state index is 11.5. The molecule has 0 saturated carbocycles. The Hall–Kier alpha value is -0.670. The van der Waals surface area contributed by atoms with Gasteiger partial charge in [-0.2, -0.15) is 0 Å². The van der Waals surface area contributed by atoms with Crippen molar-refractivity contribution in [3.8, 4) is 0 Å². The summed E-state index contributed by atoms with van der Waals surface area (Å²) in [6.07, 6.45) is 4.51. The Morgan fingerprint density at radius 2 is 2.07 bits per heavy atom. The van der Waals surface area contributed by atoms with Gasteiger partial charge in [0.1, 0.15) is 0 Å². The number of nitrogens with zero attached hydrogens (tertiary/aromatic N) is 1. The van der Waals surface area contributed by atoms with E-state index in [1.54, 1.807) is 6.08 Å². The number of carbonyl (C=O) groups is 1. The van der Waals surface area contributed by atoms with E-state index in [0.717, 1.165) is 26.2 Å². The van der Waals surface area contributed by atoms with E-state index in [0.29, 0.717) is 12.5 Å². The molecule has 1 heterocycles. The molecular weight excluding hydrogens is 188 g/mol. The van der Waals surface area contributed by atoms with E-state index in [2.05, 4.69) is 30.1 Å². The van der Waals surface area contributed by atoms with Crippen LogP contribution in [0.25, 0.3) is 0 Å². The lowest BCUT2D eigenvalue weighted by molar-refractivity contribution is -0.117. The van der Waals surface area contributed by atoms with Crippen molar-refractivity contribution in [2.45, 2.75) is 26.3 Å². The largest absolute Gasteiger partial charge is 0.314 e. The zero-order valence-electron chi connectivity index (χ0n) is 9.62. The van der Waals surface area contributed by atoms with Crippen LogP contribution in [0.2, 0.25) is 0 Å². The summed E-state index contributed by atoms with van der Waals surface area (Å²) in [6.45, 7) is 8.67. The van der Waals surface area contributed by atoms with Gasteiger partial charge in [-0.25, -0.2) is 0 Å². The zero-order chi connectivity index (χ0) is 10.9. The average molecular weight is 208 g/mol. The van der Waals surface area contributed by atoms with Crippen LogP contribution in [0.4, 0.5) is 0 Å². The second-order valence-corrected chi connectivity index (χ2v) is 5.13. The predicted octanol–water partition coefficient (Wildman–Crippen LogP) is 0.815. The van der Waals surface area contributed by atoms with Crippen molar-refractivity contribution in [3.63, 3.8) is 0 Å². The van der Waals surface area contributed by atoms with Gasteiger partial charge < -0.3 is 5.32 Å². The lowest BCUT2D eigenvalue weighted by Crippen LogP contribution is -2.54. The van der Waals surface area contributed by atoms with Gasteiger partial charge in [0, 0.05) is 38.6 Å². The standard InChI is InChI=1S/C12H20N2O/c1-12(2)4-3-10(15)9-11(12)14-7-5-13-6-8-14/h3-4,11,13H,5-9H2,1-2H3. The van der Waals surface area contributed by atoms with E-state index in [1.165, 1.54) is 0 Å². The van der Waals surface area contributed by atoms with Gasteiger partial charge in [0.25, 0.3) is 0 Å². The molecule has 84 valence electrons. The molecule has 0 amide bonds. The Balaban J connectivity index is 2.12. The Labute approximate surface area is 91.5 Å². The Kier molecular flexibility index (Phi) is 2.94. The molecular formula is C12H20N2O. The highest BCUT2D eigenvalue weighted by atomic mass is 16.1. The molecule has 1 N–H and O–H groups in total. The van der Waals surface area contributed by atoms with Crippen LogP contribution in [0, 0.1) is 5.41 Å². The first-order chi connectivity index (χ1) is 7.09. The van der Waals surface area contributed by atoms with Crippen molar-refractivity contribution in [2.75, 3.05) is 26.2 Å². The maximum Gasteiger partial charge on any atom is 0.156 e. The van der Waals surface area contributed by atoms with Gasteiger partial charge in [-0.05, 0) is 11.5 Å². The summed E-state index contributed by atoms with van der Waals surface area (Å²) >= 11 is 0. The van der Waals surface area contributed by atoms with Crippen LogP contribution < -0.4 is 5.32 Å². The van der Waals surface area contributed by atoms with Gasteiger partial charge in [-0.1, -0.05) is 19.9 Å². The second-order valence-electron chi connectivity index (χ2n) is 5.13. The number of nitrogens with one attached hydrogen (secondary N) is 1.